The molecule has 1 fully saturated rings. The van der Waals surface area contributed by atoms with E-state index in [9.17, 15) is 9.90 Å². The molecule has 98 valence electrons. The van der Waals surface area contributed by atoms with Gasteiger partial charge in [0.25, 0.3) is 0 Å². The lowest BCUT2D eigenvalue weighted by Gasteiger charge is -2.33. The summed E-state index contributed by atoms with van der Waals surface area (Å²) in [4.78, 5) is 21.4. The number of nitrogens with one attached hydrogen (secondary N) is 1. The molecular weight excluding hydrogens is 236 g/mol. The highest BCUT2D eigenvalue weighted by molar-refractivity contribution is 5.78. The first kappa shape index (κ1) is 12.6. The number of piperazine rings is 1. The van der Waals surface area contributed by atoms with Crippen LogP contribution in [0.25, 0.3) is 0 Å². The number of carboxylic acid groups (broad SMARTS) is 1. The Bertz CT molecular complexity index is 452. The van der Waals surface area contributed by atoms with Gasteiger partial charge in [-0.25, -0.2) is 9.78 Å². The number of carboxylic acids is 1. The number of aromatic nitrogens is 2. The molecule has 0 saturated carbocycles. The van der Waals surface area contributed by atoms with Crippen molar-refractivity contribution in [3.8, 4) is 5.88 Å². The molecule has 7 heteroatoms. The fourth-order valence-electron chi connectivity index (χ4n) is 1.92. The first-order valence-corrected chi connectivity index (χ1v) is 5.71. The summed E-state index contributed by atoms with van der Waals surface area (Å²) < 4.78 is 5.08. The minimum absolute atomic E-state index is 0.384. The van der Waals surface area contributed by atoms with Crippen LogP contribution in [-0.2, 0) is 4.79 Å². The Morgan fingerprint density at radius 2 is 2.39 bits per heavy atom. The van der Waals surface area contributed by atoms with Crippen LogP contribution in [0.15, 0.2) is 6.07 Å². The normalized spacial score (nSPS) is 19.7. The van der Waals surface area contributed by atoms with E-state index in [1.165, 1.54) is 7.11 Å². The van der Waals surface area contributed by atoms with Crippen molar-refractivity contribution in [1.82, 2.24) is 15.3 Å². The predicted molar refractivity (Wildman–Crippen MR) is 65.0 cm³/mol. The van der Waals surface area contributed by atoms with Gasteiger partial charge in [0, 0.05) is 31.4 Å². The summed E-state index contributed by atoms with van der Waals surface area (Å²) in [5.74, 6) is -0.0350. The number of hydrogen-bond donors (Lipinski definition) is 2. The number of methoxy groups -OCH3 is 1. The molecule has 0 aromatic carbocycles. The first-order valence-electron chi connectivity index (χ1n) is 5.71. The number of ether oxygens (including phenoxy) is 1. The van der Waals surface area contributed by atoms with Gasteiger partial charge in [-0.3, -0.25) is 0 Å². The van der Waals surface area contributed by atoms with Crippen molar-refractivity contribution < 1.29 is 14.6 Å². The van der Waals surface area contributed by atoms with Crippen LogP contribution in [-0.4, -0.2) is 53.8 Å². The van der Waals surface area contributed by atoms with Crippen LogP contribution in [0, 0.1) is 6.92 Å². The summed E-state index contributed by atoms with van der Waals surface area (Å²) in [6.45, 7) is 3.48. The second-order valence-electron chi connectivity index (χ2n) is 4.10. The molecule has 18 heavy (non-hydrogen) atoms. The van der Waals surface area contributed by atoms with Crippen LogP contribution < -0.4 is 15.0 Å². The maximum atomic E-state index is 11.2. The number of nitrogens with zero attached hydrogens (tertiary/aromatic N) is 3. The molecule has 0 bridgehead atoms. The van der Waals surface area contributed by atoms with E-state index in [-0.39, 0.29) is 0 Å². The van der Waals surface area contributed by atoms with E-state index in [4.69, 9.17) is 4.74 Å². The van der Waals surface area contributed by atoms with E-state index in [0.29, 0.717) is 31.5 Å². The van der Waals surface area contributed by atoms with Crippen LogP contribution in [0.5, 0.6) is 5.88 Å². The van der Waals surface area contributed by atoms with Gasteiger partial charge in [-0.2, -0.15) is 4.98 Å². The van der Waals surface area contributed by atoms with Gasteiger partial charge in [-0.1, -0.05) is 0 Å². The smallest absolute Gasteiger partial charge is 0.327 e. The molecule has 2 N–H and O–H groups in total. The Morgan fingerprint density at radius 1 is 1.61 bits per heavy atom. The van der Waals surface area contributed by atoms with Crippen molar-refractivity contribution in [1.29, 1.82) is 0 Å². The molecule has 1 saturated heterocycles. The topological polar surface area (TPSA) is 87.6 Å². The fourth-order valence-corrected chi connectivity index (χ4v) is 1.92. The summed E-state index contributed by atoms with van der Waals surface area (Å²) in [5.41, 5.74) is 0.750. The number of rotatable bonds is 3. The Labute approximate surface area is 105 Å². The highest BCUT2D eigenvalue weighted by atomic mass is 16.5. The third kappa shape index (κ3) is 2.51. The molecule has 2 heterocycles. The minimum atomic E-state index is -0.883. The highest BCUT2D eigenvalue weighted by Gasteiger charge is 2.30. The first-order chi connectivity index (χ1) is 8.61. The molecule has 1 aliphatic heterocycles. The second-order valence-corrected chi connectivity index (χ2v) is 4.10. The monoisotopic (exact) mass is 252 g/mol. The molecule has 1 aliphatic rings. The van der Waals surface area contributed by atoms with Gasteiger partial charge in [-0.15, -0.1) is 0 Å². The van der Waals surface area contributed by atoms with Crippen molar-refractivity contribution in [2.45, 2.75) is 13.0 Å². The molecular formula is C11H16N4O3. The summed E-state index contributed by atoms with van der Waals surface area (Å²) in [7, 11) is 1.53. The van der Waals surface area contributed by atoms with Crippen molar-refractivity contribution in [3.05, 3.63) is 11.8 Å². The molecule has 0 amide bonds. The third-order valence-corrected chi connectivity index (χ3v) is 2.81. The SMILES string of the molecule is COc1cc(C)nc(N2CCNCC2C(=O)O)n1. The fraction of sp³-hybridized carbons (Fsp3) is 0.545. The quantitative estimate of drug-likeness (QED) is 0.760. The number of hydrogen-bond acceptors (Lipinski definition) is 6. The number of anilines is 1. The molecule has 2 rings (SSSR count). The van der Waals surface area contributed by atoms with Gasteiger partial charge in [0.1, 0.15) is 6.04 Å². The van der Waals surface area contributed by atoms with Gasteiger partial charge in [0.2, 0.25) is 11.8 Å². The highest BCUT2D eigenvalue weighted by Crippen LogP contribution is 2.18. The molecule has 1 aromatic rings. The van der Waals surface area contributed by atoms with Crippen LogP contribution in [0.2, 0.25) is 0 Å². The standard InChI is InChI=1S/C11H16N4O3/c1-7-5-9(18-2)14-11(13-7)15-4-3-12-6-8(15)10(16)17/h5,8,12H,3-4,6H2,1-2H3,(H,16,17). The largest absolute Gasteiger partial charge is 0.481 e. The van der Waals surface area contributed by atoms with Gasteiger partial charge in [0.05, 0.1) is 7.11 Å². The van der Waals surface area contributed by atoms with Crippen LogP contribution in [0.1, 0.15) is 5.69 Å². The Balaban J connectivity index is 2.33. The van der Waals surface area contributed by atoms with Crippen LogP contribution in [0.3, 0.4) is 0 Å². The van der Waals surface area contributed by atoms with E-state index in [0.717, 1.165) is 5.69 Å². The predicted octanol–water partition coefficient (Wildman–Crippen LogP) is -0.344. The minimum Gasteiger partial charge on any atom is -0.481 e. The van der Waals surface area contributed by atoms with Crippen LogP contribution in [0.4, 0.5) is 5.95 Å². The van der Waals surface area contributed by atoms with Crippen molar-refractivity contribution in [3.63, 3.8) is 0 Å². The zero-order valence-electron chi connectivity index (χ0n) is 10.4. The zero-order valence-corrected chi connectivity index (χ0v) is 10.4. The van der Waals surface area contributed by atoms with Gasteiger partial charge >= 0.3 is 5.97 Å². The lowest BCUT2D eigenvalue weighted by atomic mass is 10.2. The number of aryl methyl sites for hydroxylation is 1. The maximum Gasteiger partial charge on any atom is 0.327 e. The van der Waals surface area contributed by atoms with Crippen molar-refractivity contribution in [2.75, 3.05) is 31.6 Å². The van der Waals surface area contributed by atoms with E-state index >= 15 is 0 Å². The average molecular weight is 252 g/mol. The van der Waals surface area contributed by atoms with E-state index < -0.39 is 12.0 Å². The molecule has 0 radical (unpaired) electrons. The summed E-state index contributed by atoms with van der Waals surface area (Å²) in [6, 6.07) is 1.06. The second kappa shape index (κ2) is 5.18. The lowest BCUT2D eigenvalue weighted by Crippen LogP contribution is -2.55. The third-order valence-electron chi connectivity index (χ3n) is 2.81. The maximum absolute atomic E-state index is 11.2. The van der Waals surface area contributed by atoms with E-state index in [2.05, 4.69) is 15.3 Å². The Morgan fingerprint density at radius 3 is 3.06 bits per heavy atom. The van der Waals surface area contributed by atoms with E-state index in [1.54, 1.807) is 11.0 Å². The van der Waals surface area contributed by atoms with Gasteiger partial charge in [-0.05, 0) is 6.92 Å². The number of carbonyl (C=O) groups is 1. The number of aliphatic carboxylic acids is 1. The molecule has 1 unspecified atom stereocenters. The molecule has 0 aliphatic carbocycles. The lowest BCUT2D eigenvalue weighted by molar-refractivity contribution is -0.138. The molecule has 0 spiro atoms. The van der Waals surface area contributed by atoms with Gasteiger partial charge in [0.15, 0.2) is 0 Å². The molecule has 1 atom stereocenters. The average Bonchev–Trinajstić information content (AvgIpc) is 2.38. The van der Waals surface area contributed by atoms with Crippen LogP contribution >= 0.6 is 0 Å². The van der Waals surface area contributed by atoms with Crippen molar-refractivity contribution in [2.24, 2.45) is 0 Å². The molecule has 7 nitrogen and oxygen atoms in total. The molecule has 1 aromatic heterocycles. The summed E-state index contributed by atoms with van der Waals surface area (Å²) in [5, 5.41) is 12.2. The van der Waals surface area contributed by atoms with Gasteiger partial charge < -0.3 is 20.1 Å². The Kier molecular flexibility index (Phi) is 3.61. The summed E-state index contributed by atoms with van der Waals surface area (Å²) in [6.07, 6.45) is 0. The van der Waals surface area contributed by atoms with Crippen molar-refractivity contribution >= 4 is 11.9 Å². The van der Waals surface area contributed by atoms with E-state index in [1.807, 2.05) is 6.92 Å². The Hall–Kier alpha value is -1.89. The summed E-state index contributed by atoms with van der Waals surface area (Å²) >= 11 is 0. The zero-order chi connectivity index (χ0) is 13.1.